The van der Waals surface area contributed by atoms with E-state index in [1.165, 1.54) is 11.8 Å². The number of hydrogen-bond donors (Lipinski definition) is 0. The van der Waals surface area contributed by atoms with Crippen LogP contribution in [0.25, 0.3) is 0 Å². The Morgan fingerprint density at radius 1 is 0.920 bits per heavy atom. The first-order valence-corrected chi connectivity index (χ1v) is 9.89. The highest BCUT2D eigenvalue weighted by Crippen LogP contribution is 2.17. The standard InChI is InChI=1S/C16H26N4O4S/c21-14(1-2-20-9-12-25-16(20)23)18-3-5-19(6-4-18)15(22)13-17-7-10-24-11-8-17/h1-13H2. The second-order valence-corrected chi connectivity index (χ2v) is 7.55. The van der Waals surface area contributed by atoms with Crippen LogP contribution in [0.5, 0.6) is 0 Å². The van der Waals surface area contributed by atoms with Crippen LogP contribution in [0.15, 0.2) is 0 Å². The molecule has 8 nitrogen and oxygen atoms in total. The first kappa shape index (κ1) is 18.5. The molecule has 0 aromatic rings. The first-order chi connectivity index (χ1) is 12.1. The normalized spacial score (nSPS) is 22.6. The Bertz CT molecular complexity index is 504. The maximum Gasteiger partial charge on any atom is 0.281 e. The Morgan fingerprint density at radius 2 is 1.56 bits per heavy atom. The Hall–Kier alpha value is -1.32. The fraction of sp³-hybridized carbons (Fsp3) is 0.812. The summed E-state index contributed by atoms with van der Waals surface area (Å²) in [5.41, 5.74) is 0. The summed E-state index contributed by atoms with van der Waals surface area (Å²) in [6.45, 7) is 7.00. The fourth-order valence-electron chi connectivity index (χ4n) is 3.27. The van der Waals surface area contributed by atoms with Gasteiger partial charge in [-0.1, -0.05) is 11.8 Å². The van der Waals surface area contributed by atoms with Gasteiger partial charge >= 0.3 is 0 Å². The molecule has 25 heavy (non-hydrogen) atoms. The largest absolute Gasteiger partial charge is 0.379 e. The summed E-state index contributed by atoms with van der Waals surface area (Å²) in [4.78, 5) is 43.8. The van der Waals surface area contributed by atoms with E-state index in [1.807, 2.05) is 9.80 Å². The molecule has 0 bridgehead atoms. The Balaban J connectivity index is 1.36. The number of morpholine rings is 1. The highest BCUT2D eigenvalue weighted by molar-refractivity contribution is 8.13. The summed E-state index contributed by atoms with van der Waals surface area (Å²) in [6, 6.07) is 0. The molecule has 3 heterocycles. The number of nitrogens with zero attached hydrogens (tertiary/aromatic N) is 4. The molecular weight excluding hydrogens is 344 g/mol. The van der Waals surface area contributed by atoms with Gasteiger partial charge in [-0.15, -0.1) is 0 Å². The van der Waals surface area contributed by atoms with Gasteiger partial charge in [0.15, 0.2) is 0 Å². The van der Waals surface area contributed by atoms with E-state index in [0.717, 1.165) is 25.4 Å². The predicted molar refractivity (Wildman–Crippen MR) is 94.5 cm³/mol. The molecule has 140 valence electrons. The van der Waals surface area contributed by atoms with Gasteiger partial charge in [0, 0.05) is 64.5 Å². The first-order valence-electron chi connectivity index (χ1n) is 8.91. The van der Waals surface area contributed by atoms with Crippen molar-refractivity contribution in [2.45, 2.75) is 6.42 Å². The highest BCUT2D eigenvalue weighted by atomic mass is 32.2. The van der Waals surface area contributed by atoms with E-state index in [4.69, 9.17) is 4.74 Å². The van der Waals surface area contributed by atoms with Crippen LogP contribution in [0.4, 0.5) is 4.79 Å². The quantitative estimate of drug-likeness (QED) is 0.653. The minimum Gasteiger partial charge on any atom is -0.379 e. The molecule has 0 saturated carbocycles. The molecule has 0 aromatic heterocycles. The van der Waals surface area contributed by atoms with Crippen LogP contribution in [-0.2, 0) is 14.3 Å². The number of rotatable bonds is 5. The van der Waals surface area contributed by atoms with Gasteiger partial charge < -0.3 is 19.4 Å². The molecule has 0 unspecified atom stereocenters. The van der Waals surface area contributed by atoms with Crippen molar-refractivity contribution in [2.24, 2.45) is 0 Å². The Morgan fingerprint density at radius 3 is 2.16 bits per heavy atom. The minimum absolute atomic E-state index is 0.0741. The zero-order chi connectivity index (χ0) is 17.6. The summed E-state index contributed by atoms with van der Waals surface area (Å²) in [6.07, 6.45) is 0.369. The van der Waals surface area contributed by atoms with Gasteiger partial charge in [-0.2, -0.15) is 0 Å². The molecule has 0 aliphatic carbocycles. The van der Waals surface area contributed by atoms with E-state index < -0.39 is 0 Å². The lowest BCUT2D eigenvalue weighted by atomic mass is 10.2. The molecule has 3 saturated heterocycles. The molecule has 3 aliphatic rings. The molecule has 0 spiro atoms. The number of thioether (sulfide) groups is 1. The third-order valence-electron chi connectivity index (χ3n) is 4.89. The number of carbonyl (C=O) groups excluding carboxylic acids is 3. The van der Waals surface area contributed by atoms with Crippen LogP contribution < -0.4 is 0 Å². The molecule has 0 atom stereocenters. The second-order valence-electron chi connectivity index (χ2n) is 6.50. The lowest BCUT2D eigenvalue weighted by Gasteiger charge is -2.36. The summed E-state index contributed by atoms with van der Waals surface area (Å²) in [7, 11) is 0. The van der Waals surface area contributed by atoms with Crippen LogP contribution in [-0.4, -0.2) is 115 Å². The zero-order valence-electron chi connectivity index (χ0n) is 14.5. The molecule has 9 heteroatoms. The Kier molecular flexibility index (Phi) is 6.55. The molecule has 0 N–H and O–H groups in total. The van der Waals surface area contributed by atoms with E-state index in [2.05, 4.69) is 4.90 Å². The lowest BCUT2D eigenvalue weighted by Crippen LogP contribution is -2.53. The smallest absolute Gasteiger partial charge is 0.281 e. The number of ether oxygens (including phenoxy) is 1. The van der Waals surface area contributed by atoms with Crippen molar-refractivity contribution in [3.63, 3.8) is 0 Å². The van der Waals surface area contributed by atoms with Crippen molar-refractivity contribution in [2.75, 3.05) is 77.9 Å². The summed E-state index contributed by atoms with van der Waals surface area (Å²) in [5, 5.41) is 0.0753. The predicted octanol–water partition coefficient (Wildman–Crippen LogP) is -0.452. The van der Waals surface area contributed by atoms with E-state index in [0.29, 0.717) is 58.9 Å². The van der Waals surface area contributed by atoms with Gasteiger partial charge in [0.05, 0.1) is 19.8 Å². The van der Waals surface area contributed by atoms with Crippen molar-refractivity contribution in [1.82, 2.24) is 19.6 Å². The van der Waals surface area contributed by atoms with E-state index in [-0.39, 0.29) is 17.1 Å². The summed E-state index contributed by atoms with van der Waals surface area (Å²) < 4.78 is 5.30. The van der Waals surface area contributed by atoms with Gasteiger partial charge in [-0.05, 0) is 0 Å². The average Bonchev–Trinajstić information content (AvgIpc) is 3.05. The monoisotopic (exact) mass is 370 g/mol. The van der Waals surface area contributed by atoms with Crippen LogP contribution in [0, 0.1) is 0 Å². The van der Waals surface area contributed by atoms with Crippen molar-refractivity contribution in [3.05, 3.63) is 0 Å². The van der Waals surface area contributed by atoms with Gasteiger partial charge in [-0.3, -0.25) is 19.3 Å². The summed E-state index contributed by atoms with van der Waals surface area (Å²) >= 11 is 1.32. The third kappa shape index (κ3) is 5.08. The maximum atomic E-state index is 12.4. The molecule has 3 fully saturated rings. The number of hydrogen-bond acceptors (Lipinski definition) is 6. The van der Waals surface area contributed by atoms with Crippen LogP contribution in [0.2, 0.25) is 0 Å². The van der Waals surface area contributed by atoms with E-state index in [1.54, 1.807) is 4.90 Å². The molecule has 3 amide bonds. The van der Waals surface area contributed by atoms with E-state index >= 15 is 0 Å². The maximum absolute atomic E-state index is 12.4. The zero-order valence-corrected chi connectivity index (χ0v) is 15.3. The average molecular weight is 370 g/mol. The molecule has 0 radical (unpaired) electrons. The Labute approximate surface area is 152 Å². The number of carbonyl (C=O) groups is 3. The number of piperazine rings is 1. The van der Waals surface area contributed by atoms with Crippen LogP contribution in [0.1, 0.15) is 6.42 Å². The molecule has 0 aromatic carbocycles. The minimum atomic E-state index is 0.0741. The van der Waals surface area contributed by atoms with Crippen LogP contribution in [0.3, 0.4) is 0 Å². The van der Waals surface area contributed by atoms with Crippen molar-refractivity contribution >= 4 is 28.8 Å². The summed E-state index contributed by atoms with van der Waals surface area (Å²) in [5.74, 6) is 1.02. The third-order valence-corrected chi connectivity index (χ3v) is 5.78. The lowest BCUT2D eigenvalue weighted by molar-refractivity contribution is -0.140. The topological polar surface area (TPSA) is 73.4 Å². The van der Waals surface area contributed by atoms with Crippen molar-refractivity contribution in [1.29, 1.82) is 0 Å². The van der Waals surface area contributed by atoms with Crippen molar-refractivity contribution in [3.8, 4) is 0 Å². The SMILES string of the molecule is O=C(CCN1CCSC1=O)N1CCN(C(=O)CN2CCOCC2)CC1. The molecule has 3 rings (SSSR count). The van der Waals surface area contributed by atoms with Gasteiger partial charge in [0.2, 0.25) is 11.8 Å². The number of amides is 3. The fourth-order valence-corrected chi connectivity index (χ4v) is 4.12. The van der Waals surface area contributed by atoms with Gasteiger partial charge in [0.25, 0.3) is 5.24 Å². The van der Waals surface area contributed by atoms with Gasteiger partial charge in [0.1, 0.15) is 0 Å². The molecular formula is C16H26N4O4S. The van der Waals surface area contributed by atoms with Crippen molar-refractivity contribution < 1.29 is 19.1 Å². The van der Waals surface area contributed by atoms with E-state index in [9.17, 15) is 14.4 Å². The van der Waals surface area contributed by atoms with Crippen LogP contribution >= 0.6 is 11.8 Å². The second kappa shape index (κ2) is 8.86. The molecule has 3 aliphatic heterocycles. The van der Waals surface area contributed by atoms with Gasteiger partial charge in [-0.25, -0.2) is 0 Å². The highest BCUT2D eigenvalue weighted by Gasteiger charge is 2.27.